The van der Waals surface area contributed by atoms with Crippen LogP contribution in [0.5, 0.6) is 0 Å². The normalized spacial score (nSPS) is 27.8. The van der Waals surface area contributed by atoms with Gasteiger partial charge in [0, 0.05) is 18.5 Å². The molecule has 0 aromatic carbocycles. The zero-order valence-corrected chi connectivity index (χ0v) is 27.2. The summed E-state index contributed by atoms with van der Waals surface area (Å²) in [5.41, 5.74) is -1.86. The number of rotatable bonds is 15. The Hall–Kier alpha value is -2.72. The first-order valence-electron chi connectivity index (χ1n) is 15.7. The van der Waals surface area contributed by atoms with Gasteiger partial charge in [-0.2, -0.15) is 0 Å². The fraction of sp³-hybridized carbons (Fsp3) is 0.758. The van der Waals surface area contributed by atoms with Gasteiger partial charge < -0.3 is 29.7 Å². The van der Waals surface area contributed by atoms with E-state index in [0.29, 0.717) is 38.5 Å². The van der Waals surface area contributed by atoms with Crippen LogP contribution in [-0.2, 0) is 28.7 Å². The monoisotopic (exact) mass is 603 g/mol. The summed E-state index contributed by atoms with van der Waals surface area (Å²) in [4.78, 5) is 57.9. The van der Waals surface area contributed by atoms with Gasteiger partial charge in [0.2, 0.25) is 17.7 Å². The SMILES string of the molecule is C=CCCC(=O)NC[C@@H](C)OC(=O)[C@@H]1[C@@H]2CC[C@]3(O2)[C@H](C(=O)N(CC=C)C(C)(C)CC(C)(C)C)N([C@@H](CC)CO)C(=O)[C@@H]13. The molecule has 3 amide bonds. The second-order valence-electron chi connectivity index (χ2n) is 14.2. The van der Waals surface area contributed by atoms with Gasteiger partial charge in [0.1, 0.15) is 17.7 Å². The fourth-order valence-corrected chi connectivity index (χ4v) is 7.65. The van der Waals surface area contributed by atoms with Gasteiger partial charge in [0.15, 0.2) is 0 Å². The van der Waals surface area contributed by atoms with Gasteiger partial charge in [-0.05, 0) is 58.3 Å². The average Bonchev–Trinajstić information content (AvgIpc) is 3.56. The third kappa shape index (κ3) is 7.00. The van der Waals surface area contributed by atoms with Crippen LogP contribution < -0.4 is 5.32 Å². The zero-order valence-electron chi connectivity index (χ0n) is 27.2. The Morgan fingerprint density at radius 2 is 1.91 bits per heavy atom. The molecule has 0 radical (unpaired) electrons. The highest BCUT2D eigenvalue weighted by Gasteiger charge is 2.76. The molecule has 7 atom stereocenters. The predicted octanol–water partition coefficient (Wildman–Crippen LogP) is 3.38. The molecule has 0 saturated carbocycles. The lowest BCUT2D eigenvalue weighted by atomic mass is 9.70. The number of aliphatic hydroxyl groups is 1. The molecule has 2 N–H and O–H groups in total. The maximum absolute atomic E-state index is 14.7. The van der Waals surface area contributed by atoms with E-state index in [1.165, 1.54) is 4.90 Å². The van der Waals surface area contributed by atoms with Crippen molar-refractivity contribution in [3.63, 3.8) is 0 Å². The van der Waals surface area contributed by atoms with Crippen LogP contribution in [0.2, 0.25) is 0 Å². The summed E-state index contributed by atoms with van der Waals surface area (Å²) in [6.07, 6.45) is 5.11. The van der Waals surface area contributed by atoms with E-state index in [2.05, 4.69) is 39.2 Å². The zero-order chi connectivity index (χ0) is 32.3. The average molecular weight is 604 g/mol. The third-order valence-electron chi connectivity index (χ3n) is 9.07. The molecule has 43 heavy (non-hydrogen) atoms. The Morgan fingerprint density at radius 3 is 2.47 bits per heavy atom. The Labute approximate surface area is 257 Å². The molecule has 3 fully saturated rings. The summed E-state index contributed by atoms with van der Waals surface area (Å²) in [6.45, 7) is 21.6. The first-order valence-corrected chi connectivity index (χ1v) is 15.7. The van der Waals surface area contributed by atoms with Crippen LogP contribution in [0.15, 0.2) is 25.3 Å². The lowest BCUT2D eigenvalue weighted by Crippen LogP contribution is -2.62. The molecule has 1 spiro atoms. The van der Waals surface area contributed by atoms with Crippen molar-refractivity contribution in [1.82, 2.24) is 15.1 Å². The number of fused-ring (bicyclic) bond motifs is 1. The number of nitrogens with one attached hydrogen (secondary N) is 1. The molecule has 2 bridgehead atoms. The van der Waals surface area contributed by atoms with Gasteiger partial charge in [0.05, 0.1) is 37.1 Å². The second kappa shape index (κ2) is 13.5. The molecule has 0 aromatic rings. The standard InChI is InChI=1S/C33H53N3O7/c1-10-13-14-24(38)34-18-21(4)42-30(41)25-23-15-16-33(43-23)26(25)28(39)36(22(12-3)19-37)27(33)29(40)35(17-11-2)32(8,9)20-31(5,6)7/h10-11,21-23,25-27,37H,1-2,12-20H2,3-9H3,(H,34,38)/t21-,22+,23+,25-,26-,27+,33-/m1/s1. The molecule has 242 valence electrons. The Balaban J connectivity index is 1.95. The topological polar surface area (TPSA) is 125 Å². The van der Waals surface area contributed by atoms with Crippen LogP contribution in [0.25, 0.3) is 0 Å². The molecule has 3 heterocycles. The van der Waals surface area contributed by atoms with Gasteiger partial charge in [-0.15, -0.1) is 13.2 Å². The summed E-state index contributed by atoms with van der Waals surface area (Å²) in [5, 5.41) is 13.1. The Bertz CT molecular complexity index is 1080. The van der Waals surface area contributed by atoms with Crippen LogP contribution in [0.1, 0.15) is 87.0 Å². The van der Waals surface area contributed by atoms with Crippen molar-refractivity contribution in [2.24, 2.45) is 17.3 Å². The number of allylic oxidation sites excluding steroid dienone is 1. The number of nitrogens with zero attached hydrogens (tertiary/aromatic N) is 2. The van der Waals surface area contributed by atoms with Crippen molar-refractivity contribution in [3.8, 4) is 0 Å². The third-order valence-corrected chi connectivity index (χ3v) is 9.07. The van der Waals surface area contributed by atoms with Crippen molar-refractivity contribution in [3.05, 3.63) is 25.3 Å². The number of carbonyl (C=O) groups is 4. The van der Waals surface area contributed by atoms with Crippen LogP contribution in [-0.4, -0.2) is 93.7 Å². The predicted molar refractivity (Wildman–Crippen MR) is 164 cm³/mol. The summed E-state index contributed by atoms with van der Waals surface area (Å²) in [5.74, 6) is -3.14. The smallest absolute Gasteiger partial charge is 0.312 e. The molecule has 3 saturated heterocycles. The largest absolute Gasteiger partial charge is 0.460 e. The summed E-state index contributed by atoms with van der Waals surface area (Å²) in [6, 6.07) is -1.60. The summed E-state index contributed by atoms with van der Waals surface area (Å²) in [7, 11) is 0. The van der Waals surface area contributed by atoms with Crippen molar-refractivity contribution in [1.29, 1.82) is 0 Å². The molecule has 0 aromatic heterocycles. The number of hydrogen-bond acceptors (Lipinski definition) is 7. The Morgan fingerprint density at radius 1 is 1.23 bits per heavy atom. The van der Waals surface area contributed by atoms with Gasteiger partial charge in [-0.3, -0.25) is 19.2 Å². The Kier molecular flexibility index (Phi) is 10.9. The van der Waals surface area contributed by atoms with E-state index < -0.39 is 53.2 Å². The first kappa shape index (κ1) is 34.8. The summed E-state index contributed by atoms with van der Waals surface area (Å²) >= 11 is 0. The number of ether oxygens (including phenoxy) is 2. The van der Waals surface area contributed by atoms with Gasteiger partial charge in [-0.25, -0.2) is 0 Å². The van der Waals surface area contributed by atoms with E-state index in [1.807, 2.05) is 20.8 Å². The van der Waals surface area contributed by atoms with Gasteiger partial charge >= 0.3 is 5.97 Å². The minimum absolute atomic E-state index is 0.0781. The first-order chi connectivity index (χ1) is 20.1. The highest BCUT2D eigenvalue weighted by molar-refractivity contribution is 5.98. The summed E-state index contributed by atoms with van der Waals surface area (Å²) < 4.78 is 12.3. The molecule has 3 rings (SSSR count). The number of aliphatic hydroxyl groups excluding tert-OH is 1. The molecule has 10 nitrogen and oxygen atoms in total. The minimum Gasteiger partial charge on any atom is -0.460 e. The van der Waals surface area contributed by atoms with E-state index in [1.54, 1.807) is 24.0 Å². The highest BCUT2D eigenvalue weighted by Crippen LogP contribution is 2.59. The van der Waals surface area contributed by atoms with E-state index in [0.717, 1.165) is 0 Å². The highest BCUT2D eigenvalue weighted by atomic mass is 16.6. The molecular weight excluding hydrogens is 550 g/mol. The van der Waals surface area contributed by atoms with Crippen LogP contribution in [0.3, 0.4) is 0 Å². The number of amides is 3. The van der Waals surface area contributed by atoms with Crippen LogP contribution >= 0.6 is 0 Å². The molecular formula is C33H53N3O7. The molecule has 10 heteroatoms. The van der Waals surface area contributed by atoms with Crippen LogP contribution in [0.4, 0.5) is 0 Å². The number of carbonyl (C=O) groups excluding carboxylic acids is 4. The molecule has 0 unspecified atom stereocenters. The molecule has 3 aliphatic rings. The van der Waals surface area contributed by atoms with E-state index >= 15 is 0 Å². The van der Waals surface area contributed by atoms with Crippen molar-refractivity contribution < 1.29 is 33.8 Å². The maximum atomic E-state index is 14.7. The van der Waals surface area contributed by atoms with Crippen molar-refractivity contribution in [2.45, 2.75) is 122 Å². The fourth-order valence-electron chi connectivity index (χ4n) is 7.65. The van der Waals surface area contributed by atoms with Crippen molar-refractivity contribution >= 4 is 23.7 Å². The van der Waals surface area contributed by atoms with E-state index in [9.17, 15) is 24.3 Å². The number of hydrogen-bond donors (Lipinski definition) is 2. The van der Waals surface area contributed by atoms with Gasteiger partial charge in [0.25, 0.3) is 0 Å². The van der Waals surface area contributed by atoms with Crippen molar-refractivity contribution in [2.75, 3.05) is 19.7 Å². The number of esters is 1. The van der Waals surface area contributed by atoms with E-state index in [4.69, 9.17) is 9.47 Å². The minimum atomic E-state index is -1.20. The molecule has 0 aliphatic carbocycles. The van der Waals surface area contributed by atoms with Gasteiger partial charge in [-0.1, -0.05) is 39.8 Å². The second-order valence-corrected chi connectivity index (χ2v) is 14.2. The quantitative estimate of drug-likeness (QED) is 0.217. The lowest BCUT2D eigenvalue weighted by Gasteiger charge is -2.46. The van der Waals surface area contributed by atoms with E-state index in [-0.39, 0.29) is 42.8 Å². The van der Waals surface area contributed by atoms with Crippen LogP contribution in [0, 0.1) is 17.3 Å². The maximum Gasteiger partial charge on any atom is 0.312 e. The molecule has 3 aliphatic heterocycles. The lowest BCUT2D eigenvalue weighted by molar-refractivity contribution is -0.160. The number of likely N-dealkylation sites (tertiary alicyclic amines) is 1.